The van der Waals surface area contributed by atoms with Gasteiger partial charge in [0.25, 0.3) is 0 Å². The summed E-state index contributed by atoms with van der Waals surface area (Å²) < 4.78 is 5.48. The summed E-state index contributed by atoms with van der Waals surface area (Å²) in [7, 11) is 0. The monoisotopic (exact) mass is 271 g/mol. The molecule has 5 nitrogen and oxygen atoms in total. The van der Waals surface area contributed by atoms with Gasteiger partial charge in [-0.05, 0) is 19.3 Å². The van der Waals surface area contributed by atoms with E-state index in [0.29, 0.717) is 19.8 Å². The van der Waals surface area contributed by atoms with Gasteiger partial charge in [-0.3, -0.25) is 9.69 Å². The number of nitrogens with one attached hydrogen (secondary N) is 1. The van der Waals surface area contributed by atoms with Crippen LogP contribution in [0.4, 0.5) is 0 Å². The molecule has 19 heavy (non-hydrogen) atoms. The lowest BCUT2D eigenvalue weighted by molar-refractivity contribution is -0.137. The number of carbonyl (C=O) groups is 1. The van der Waals surface area contributed by atoms with Crippen LogP contribution < -0.4 is 11.1 Å². The molecule has 1 heterocycles. The first kappa shape index (κ1) is 16.4. The number of amides is 1. The molecule has 3 N–H and O–H groups in total. The van der Waals surface area contributed by atoms with Gasteiger partial charge in [-0.25, -0.2) is 0 Å². The molecule has 1 saturated heterocycles. The molecule has 0 saturated carbocycles. The summed E-state index contributed by atoms with van der Waals surface area (Å²) >= 11 is 0. The largest absolute Gasteiger partial charge is 0.378 e. The first-order chi connectivity index (χ1) is 8.77. The molecule has 0 bridgehead atoms. The number of nitrogens with two attached hydrogens (primary N) is 1. The summed E-state index contributed by atoms with van der Waals surface area (Å²) in [4.78, 5) is 14.5. The van der Waals surface area contributed by atoms with Crippen LogP contribution in [0.2, 0.25) is 0 Å². The molecule has 0 radical (unpaired) electrons. The highest BCUT2D eigenvalue weighted by molar-refractivity contribution is 5.82. The van der Waals surface area contributed by atoms with E-state index in [0.717, 1.165) is 6.54 Å². The molecule has 112 valence electrons. The molecular weight excluding hydrogens is 242 g/mol. The normalized spacial score (nSPS) is 23.4. The number of hydrogen-bond donors (Lipinski definition) is 2. The van der Waals surface area contributed by atoms with E-state index in [4.69, 9.17) is 10.5 Å². The van der Waals surface area contributed by atoms with E-state index in [1.807, 2.05) is 13.8 Å². The quantitative estimate of drug-likeness (QED) is 0.785. The first-order valence-electron chi connectivity index (χ1n) is 7.11. The number of rotatable bonds is 4. The van der Waals surface area contributed by atoms with Crippen molar-refractivity contribution in [3.63, 3.8) is 0 Å². The van der Waals surface area contributed by atoms with Crippen LogP contribution in [0.15, 0.2) is 0 Å². The average molecular weight is 271 g/mol. The van der Waals surface area contributed by atoms with Gasteiger partial charge < -0.3 is 15.8 Å². The van der Waals surface area contributed by atoms with E-state index in [1.54, 1.807) is 0 Å². The predicted octanol–water partition coefficient (Wildman–Crippen LogP) is 0.585. The molecule has 1 amide bonds. The van der Waals surface area contributed by atoms with Gasteiger partial charge in [0.15, 0.2) is 0 Å². The van der Waals surface area contributed by atoms with Crippen molar-refractivity contribution in [1.82, 2.24) is 10.2 Å². The van der Waals surface area contributed by atoms with E-state index in [-0.39, 0.29) is 29.4 Å². The second kappa shape index (κ2) is 6.68. The SMILES string of the molecule is CC(C)NC(=O)C1COCCN1C(CN)C(C)(C)C. The van der Waals surface area contributed by atoms with Crippen LogP contribution in [0.3, 0.4) is 0 Å². The summed E-state index contributed by atoms with van der Waals surface area (Å²) in [5, 5.41) is 2.97. The number of carbonyl (C=O) groups excluding carboxylic acids is 1. The second-order valence-corrected chi connectivity index (χ2v) is 6.61. The van der Waals surface area contributed by atoms with Gasteiger partial charge in [0, 0.05) is 25.2 Å². The van der Waals surface area contributed by atoms with Crippen molar-refractivity contribution in [3.8, 4) is 0 Å². The Balaban J connectivity index is 2.85. The summed E-state index contributed by atoms with van der Waals surface area (Å²) in [5.41, 5.74) is 5.98. The van der Waals surface area contributed by atoms with E-state index >= 15 is 0 Å². The maximum atomic E-state index is 12.3. The topological polar surface area (TPSA) is 67.6 Å². The van der Waals surface area contributed by atoms with Crippen LogP contribution in [0, 0.1) is 5.41 Å². The van der Waals surface area contributed by atoms with Crippen LogP contribution in [-0.4, -0.2) is 55.2 Å². The Morgan fingerprint density at radius 1 is 1.47 bits per heavy atom. The summed E-state index contributed by atoms with van der Waals surface area (Å²) in [5.74, 6) is 0.0393. The lowest BCUT2D eigenvalue weighted by Crippen LogP contribution is -2.62. The average Bonchev–Trinajstić information content (AvgIpc) is 2.27. The molecule has 2 atom stereocenters. The standard InChI is InChI=1S/C14H29N3O2/c1-10(2)16-13(18)11-9-19-7-6-17(11)12(8-15)14(3,4)5/h10-12H,6-9,15H2,1-5H3,(H,16,18). The van der Waals surface area contributed by atoms with Gasteiger partial charge >= 0.3 is 0 Å². The maximum absolute atomic E-state index is 12.3. The van der Waals surface area contributed by atoms with Crippen molar-refractivity contribution in [2.75, 3.05) is 26.3 Å². The molecule has 2 unspecified atom stereocenters. The van der Waals surface area contributed by atoms with Crippen LogP contribution in [0.5, 0.6) is 0 Å². The summed E-state index contributed by atoms with van der Waals surface area (Å²) in [6.07, 6.45) is 0. The lowest BCUT2D eigenvalue weighted by Gasteiger charge is -2.45. The number of hydrogen-bond acceptors (Lipinski definition) is 4. The van der Waals surface area contributed by atoms with Gasteiger partial charge in [-0.1, -0.05) is 20.8 Å². The molecule has 1 aliphatic rings. The smallest absolute Gasteiger partial charge is 0.239 e. The van der Waals surface area contributed by atoms with E-state index in [1.165, 1.54) is 0 Å². The van der Waals surface area contributed by atoms with Gasteiger partial charge in [0.05, 0.1) is 13.2 Å². The van der Waals surface area contributed by atoms with E-state index in [9.17, 15) is 4.79 Å². The molecular formula is C14H29N3O2. The minimum absolute atomic E-state index is 0.0393. The van der Waals surface area contributed by atoms with Crippen molar-refractivity contribution in [1.29, 1.82) is 0 Å². The highest BCUT2D eigenvalue weighted by atomic mass is 16.5. The molecule has 0 aromatic carbocycles. The summed E-state index contributed by atoms with van der Waals surface area (Å²) in [6.45, 7) is 12.9. The zero-order chi connectivity index (χ0) is 14.6. The fraction of sp³-hybridized carbons (Fsp3) is 0.929. The predicted molar refractivity (Wildman–Crippen MR) is 76.9 cm³/mol. The first-order valence-corrected chi connectivity index (χ1v) is 7.11. The number of nitrogens with zero attached hydrogens (tertiary/aromatic N) is 1. The fourth-order valence-electron chi connectivity index (χ4n) is 2.58. The molecule has 0 aromatic rings. The third kappa shape index (κ3) is 4.44. The number of ether oxygens (including phenoxy) is 1. The molecule has 0 aromatic heterocycles. The zero-order valence-electron chi connectivity index (χ0n) is 12.9. The molecule has 0 spiro atoms. The van der Waals surface area contributed by atoms with Gasteiger partial charge in [0.2, 0.25) is 5.91 Å². The third-order valence-electron chi connectivity index (χ3n) is 3.53. The fourth-order valence-corrected chi connectivity index (χ4v) is 2.58. The maximum Gasteiger partial charge on any atom is 0.239 e. The number of morpholine rings is 1. The van der Waals surface area contributed by atoms with Crippen molar-refractivity contribution in [3.05, 3.63) is 0 Å². The van der Waals surface area contributed by atoms with Gasteiger partial charge in [-0.2, -0.15) is 0 Å². The van der Waals surface area contributed by atoms with E-state index < -0.39 is 0 Å². The van der Waals surface area contributed by atoms with Crippen LogP contribution in [-0.2, 0) is 9.53 Å². The molecule has 1 aliphatic heterocycles. The zero-order valence-corrected chi connectivity index (χ0v) is 12.9. The molecule has 1 fully saturated rings. The lowest BCUT2D eigenvalue weighted by atomic mass is 9.84. The van der Waals surface area contributed by atoms with Crippen LogP contribution in [0.25, 0.3) is 0 Å². The van der Waals surface area contributed by atoms with Crippen LogP contribution >= 0.6 is 0 Å². The Bertz CT molecular complexity index is 300. The minimum Gasteiger partial charge on any atom is -0.378 e. The Kier molecular flexibility index (Phi) is 5.77. The Morgan fingerprint density at radius 3 is 2.58 bits per heavy atom. The van der Waals surface area contributed by atoms with Gasteiger partial charge in [-0.15, -0.1) is 0 Å². The minimum atomic E-state index is -0.232. The molecule has 5 heteroatoms. The van der Waals surface area contributed by atoms with Crippen molar-refractivity contribution >= 4 is 5.91 Å². The molecule has 0 aliphatic carbocycles. The second-order valence-electron chi connectivity index (χ2n) is 6.61. The highest BCUT2D eigenvalue weighted by Crippen LogP contribution is 2.26. The van der Waals surface area contributed by atoms with Crippen molar-refractivity contribution < 1.29 is 9.53 Å². The van der Waals surface area contributed by atoms with Crippen molar-refractivity contribution in [2.24, 2.45) is 11.1 Å². The van der Waals surface area contributed by atoms with Crippen LogP contribution in [0.1, 0.15) is 34.6 Å². The summed E-state index contributed by atoms with van der Waals surface area (Å²) in [6, 6.07) is 0.0884. The van der Waals surface area contributed by atoms with Gasteiger partial charge in [0.1, 0.15) is 6.04 Å². The Labute approximate surface area is 116 Å². The van der Waals surface area contributed by atoms with E-state index in [2.05, 4.69) is 31.0 Å². The van der Waals surface area contributed by atoms with Crippen molar-refractivity contribution in [2.45, 2.75) is 52.7 Å². The Morgan fingerprint density at radius 2 is 2.11 bits per heavy atom. The molecule has 1 rings (SSSR count). The highest BCUT2D eigenvalue weighted by Gasteiger charge is 2.38. The third-order valence-corrected chi connectivity index (χ3v) is 3.53. The Hall–Kier alpha value is -0.650.